The standard InChI is InChI=1S/C15H22N4O3S/c16-13(20)10-18-5-7-19(8-6-18)14(21)2-1-4-17-15(22)12-3-9-23-11-12/h3,9,11H,1-2,4-8,10H2,(H2,16,20)(H,17,22). The minimum atomic E-state index is -0.342. The summed E-state index contributed by atoms with van der Waals surface area (Å²) in [7, 11) is 0. The normalized spacial score (nSPS) is 15.4. The maximum Gasteiger partial charge on any atom is 0.252 e. The third-order valence-corrected chi connectivity index (χ3v) is 4.42. The molecule has 0 atom stereocenters. The third kappa shape index (κ3) is 5.65. The van der Waals surface area contributed by atoms with E-state index >= 15 is 0 Å². The molecule has 8 heteroatoms. The number of piperazine rings is 1. The van der Waals surface area contributed by atoms with Crippen molar-refractivity contribution in [3.8, 4) is 0 Å². The Morgan fingerprint density at radius 2 is 1.96 bits per heavy atom. The molecular formula is C15H22N4O3S. The van der Waals surface area contributed by atoms with Crippen molar-refractivity contribution in [1.29, 1.82) is 0 Å². The first-order chi connectivity index (χ1) is 11.1. The fourth-order valence-corrected chi connectivity index (χ4v) is 3.11. The van der Waals surface area contributed by atoms with E-state index < -0.39 is 0 Å². The molecular weight excluding hydrogens is 316 g/mol. The van der Waals surface area contributed by atoms with Gasteiger partial charge in [-0.05, 0) is 17.9 Å². The predicted molar refractivity (Wildman–Crippen MR) is 88.1 cm³/mol. The Morgan fingerprint density at radius 3 is 2.57 bits per heavy atom. The first-order valence-electron chi connectivity index (χ1n) is 7.65. The summed E-state index contributed by atoms with van der Waals surface area (Å²) < 4.78 is 0. The summed E-state index contributed by atoms with van der Waals surface area (Å²) >= 11 is 1.48. The molecule has 3 N–H and O–H groups in total. The number of nitrogens with one attached hydrogen (secondary N) is 1. The van der Waals surface area contributed by atoms with E-state index in [0.717, 1.165) is 0 Å². The number of primary amides is 1. The zero-order valence-electron chi connectivity index (χ0n) is 13.0. The van der Waals surface area contributed by atoms with Gasteiger partial charge in [0.1, 0.15) is 0 Å². The summed E-state index contributed by atoms with van der Waals surface area (Å²) in [6.07, 6.45) is 1.04. The van der Waals surface area contributed by atoms with E-state index in [4.69, 9.17) is 5.73 Å². The summed E-state index contributed by atoms with van der Waals surface area (Å²) in [5.41, 5.74) is 5.82. The molecule has 0 unspecified atom stereocenters. The molecule has 1 fully saturated rings. The van der Waals surface area contributed by atoms with E-state index in [1.165, 1.54) is 11.3 Å². The minimum absolute atomic E-state index is 0.0912. The van der Waals surface area contributed by atoms with Crippen molar-refractivity contribution < 1.29 is 14.4 Å². The van der Waals surface area contributed by atoms with Crippen LogP contribution in [0.1, 0.15) is 23.2 Å². The van der Waals surface area contributed by atoms with Gasteiger partial charge >= 0.3 is 0 Å². The number of rotatable bonds is 7. The first-order valence-corrected chi connectivity index (χ1v) is 8.59. The van der Waals surface area contributed by atoms with Gasteiger partial charge in [-0.15, -0.1) is 0 Å². The summed E-state index contributed by atoms with van der Waals surface area (Å²) in [4.78, 5) is 38.5. The average Bonchev–Trinajstić information content (AvgIpc) is 3.05. The fraction of sp³-hybridized carbons (Fsp3) is 0.533. The van der Waals surface area contributed by atoms with E-state index in [1.54, 1.807) is 16.3 Å². The number of hydrogen-bond donors (Lipinski definition) is 2. The molecule has 23 heavy (non-hydrogen) atoms. The second-order valence-corrected chi connectivity index (χ2v) is 6.27. The van der Waals surface area contributed by atoms with Gasteiger partial charge in [0, 0.05) is 50.1 Å². The SMILES string of the molecule is NC(=O)CN1CCN(C(=O)CCCNC(=O)c2ccsc2)CC1. The second-order valence-electron chi connectivity index (χ2n) is 5.49. The van der Waals surface area contributed by atoms with E-state index in [0.29, 0.717) is 51.1 Å². The summed E-state index contributed by atoms with van der Waals surface area (Å²) in [6.45, 7) is 3.31. The highest BCUT2D eigenvalue weighted by molar-refractivity contribution is 7.08. The van der Waals surface area contributed by atoms with Crippen LogP contribution in [-0.4, -0.2) is 66.8 Å². The topological polar surface area (TPSA) is 95.7 Å². The van der Waals surface area contributed by atoms with Gasteiger partial charge in [-0.3, -0.25) is 19.3 Å². The van der Waals surface area contributed by atoms with Crippen LogP contribution >= 0.6 is 11.3 Å². The Labute approximate surface area is 139 Å². The maximum atomic E-state index is 12.1. The van der Waals surface area contributed by atoms with Crippen molar-refractivity contribution in [2.75, 3.05) is 39.3 Å². The Kier molecular flexibility index (Phi) is 6.54. The predicted octanol–water partition coefficient (Wildman–Crippen LogP) is -0.112. The smallest absolute Gasteiger partial charge is 0.252 e. The Morgan fingerprint density at radius 1 is 1.22 bits per heavy atom. The molecule has 1 saturated heterocycles. The van der Waals surface area contributed by atoms with Gasteiger partial charge in [0.05, 0.1) is 6.54 Å². The van der Waals surface area contributed by atoms with Gasteiger partial charge in [0.25, 0.3) is 5.91 Å². The van der Waals surface area contributed by atoms with Gasteiger partial charge in [-0.25, -0.2) is 0 Å². The zero-order chi connectivity index (χ0) is 16.7. The van der Waals surface area contributed by atoms with Gasteiger partial charge in [0.2, 0.25) is 11.8 Å². The lowest BCUT2D eigenvalue weighted by Crippen LogP contribution is -2.50. The molecule has 0 aromatic carbocycles. The van der Waals surface area contributed by atoms with E-state index in [1.807, 2.05) is 10.3 Å². The molecule has 0 spiro atoms. The highest BCUT2D eigenvalue weighted by Gasteiger charge is 2.21. The van der Waals surface area contributed by atoms with Crippen molar-refractivity contribution in [2.45, 2.75) is 12.8 Å². The van der Waals surface area contributed by atoms with Crippen LogP contribution in [-0.2, 0) is 9.59 Å². The molecule has 0 saturated carbocycles. The minimum Gasteiger partial charge on any atom is -0.369 e. The van der Waals surface area contributed by atoms with Crippen molar-refractivity contribution >= 4 is 29.1 Å². The second kappa shape index (κ2) is 8.64. The van der Waals surface area contributed by atoms with Gasteiger partial charge in [0.15, 0.2) is 0 Å². The molecule has 0 radical (unpaired) electrons. The number of carbonyl (C=O) groups excluding carboxylic acids is 3. The van der Waals surface area contributed by atoms with Crippen LogP contribution < -0.4 is 11.1 Å². The lowest BCUT2D eigenvalue weighted by atomic mass is 10.2. The van der Waals surface area contributed by atoms with Crippen LogP contribution in [0.3, 0.4) is 0 Å². The molecule has 3 amide bonds. The van der Waals surface area contributed by atoms with Crippen LogP contribution in [0.5, 0.6) is 0 Å². The van der Waals surface area contributed by atoms with Crippen LogP contribution in [0.2, 0.25) is 0 Å². The molecule has 0 aliphatic carbocycles. The third-order valence-electron chi connectivity index (χ3n) is 3.74. The molecule has 1 aromatic heterocycles. The lowest BCUT2D eigenvalue weighted by Gasteiger charge is -2.34. The molecule has 1 aliphatic rings. The van der Waals surface area contributed by atoms with Crippen molar-refractivity contribution in [3.05, 3.63) is 22.4 Å². The Bertz CT molecular complexity index is 539. The number of hydrogen-bond acceptors (Lipinski definition) is 5. The largest absolute Gasteiger partial charge is 0.369 e. The lowest BCUT2D eigenvalue weighted by molar-refractivity contribution is -0.133. The molecule has 1 aromatic rings. The van der Waals surface area contributed by atoms with Gasteiger partial charge in [-0.1, -0.05) is 0 Å². The quantitative estimate of drug-likeness (QED) is 0.678. The monoisotopic (exact) mass is 338 g/mol. The van der Waals surface area contributed by atoms with Crippen LogP contribution in [0.15, 0.2) is 16.8 Å². The van der Waals surface area contributed by atoms with E-state index in [2.05, 4.69) is 5.32 Å². The number of nitrogens with zero attached hydrogens (tertiary/aromatic N) is 2. The van der Waals surface area contributed by atoms with Crippen LogP contribution in [0.25, 0.3) is 0 Å². The maximum absolute atomic E-state index is 12.1. The summed E-state index contributed by atoms with van der Waals surface area (Å²) in [5.74, 6) is -0.349. The number of amides is 3. The zero-order valence-corrected chi connectivity index (χ0v) is 13.8. The average molecular weight is 338 g/mol. The van der Waals surface area contributed by atoms with Gasteiger partial charge < -0.3 is 16.0 Å². The number of carbonyl (C=O) groups is 3. The fourth-order valence-electron chi connectivity index (χ4n) is 2.47. The van der Waals surface area contributed by atoms with Crippen molar-refractivity contribution in [2.24, 2.45) is 5.73 Å². The van der Waals surface area contributed by atoms with E-state index in [-0.39, 0.29) is 24.3 Å². The molecule has 126 valence electrons. The highest BCUT2D eigenvalue weighted by Crippen LogP contribution is 2.06. The molecule has 2 heterocycles. The molecule has 0 bridgehead atoms. The first kappa shape index (κ1) is 17.4. The Balaban J connectivity index is 1.60. The molecule has 1 aliphatic heterocycles. The summed E-state index contributed by atoms with van der Waals surface area (Å²) in [5, 5.41) is 6.46. The Hall–Kier alpha value is -1.93. The summed E-state index contributed by atoms with van der Waals surface area (Å²) in [6, 6.07) is 1.77. The van der Waals surface area contributed by atoms with Crippen molar-refractivity contribution in [3.63, 3.8) is 0 Å². The van der Waals surface area contributed by atoms with E-state index in [9.17, 15) is 14.4 Å². The van der Waals surface area contributed by atoms with Crippen molar-refractivity contribution in [1.82, 2.24) is 15.1 Å². The van der Waals surface area contributed by atoms with Crippen LogP contribution in [0, 0.1) is 0 Å². The number of thiophene rings is 1. The van der Waals surface area contributed by atoms with Crippen LogP contribution in [0.4, 0.5) is 0 Å². The van der Waals surface area contributed by atoms with Gasteiger partial charge in [-0.2, -0.15) is 11.3 Å². The number of nitrogens with two attached hydrogens (primary N) is 1. The molecule has 2 rings (SSSR count). The molecule has 7 nitrogen and oxygen atoms in total. The highest BCUT2D eigenvalue weighted by atomic mass is 32.1.